The molecule has 3 rings (SSSR count). The first-order valence-electron chi connectivity index (χ1n) is 7.92. The molecule has 2 aromatic carbocycles. The number of H-pyrrole nitrogens is 1. The second kappa shape index (κ2) is 7.31. The van der Waals surface area contributed by atoms with Crippen LogP contribution in [0.25, 0.3) is 11.0 Å². The van der Waals surface area contributed by atoms with Crippen molar-refractivity contribution in [3.05, 3.63) is 70.4 Å². The molecule has 0 saturated heterocycles. The zero-order chi connectivity index (χ0) is 17.8. The average Bonchev–Trinajstić information content (AvgIpc) is 2.90. The summed E-state index contributed by atoms with van der Waals surface area (Å²) in [5.74, 6) is -0.833. The van der Waals surface area contributed by atoms with Gasteiger partial charge in [0.1, 0.15) is 5.82 Å². The van der Waals surface area contributed by atoms with Gasteiger partial charge in [-0.2, -0.15) is 0 Å². The molecule has 0 bridgehead atoms. The number of carbonyl (C=O) groups is 1. The molecular formula is C18H18FN3O3. The number of aliphatic hydroxyl groups is 1. The number of halogens is 1. The highest BCUT2D eigenvalue weighted by Gasteiger charge is 2.13. The molecule has 25 heavy (non-hydrogen) atoms. The van der Waals surface area contributed by atoms with Crippen LogP contribution in [0.15, 0.2) is 53.3 Å². The van der Waals surface area contributed by atoms with Crippen molar-refractivity contribution in [1.82, 2.24) is 14.9 Å². The highest BCUT2D eigenvalue weighted by atomic mass is 19.1. The predicted molar refractivity (Wildman–Crippen MR) is 91.5 cm³/mol. The van der Waals surface area contributed by atoms with Crippen LogP contribution in [0.2, 0.25) is 0 Å². The van der Waals surface area contributed by atoms with E-state index in [1.165, 1.54) is 18.2 Å². The van der Waals surface area contributed by atoms with E-state index >= 15 is 0 Å². The molecule has 0 aliphatic carbocycles. The summed E-state index contributed by atoms with van der Waals surface area (Å²) < 4.78 is 14.7. The molecule has 0 spiro atoms. The van der Waals surface area contributed by atoms with Gasteiger partial charge in [-0.25, -0.2) is 9.18 Å². The highest BCUT2D eigenvalue weighted by Crippen LogP contribution is 2.17. The number of amides is 1. The smallest absolute Gasteiger partial charge is 0.326 e. The number of carbonyl (C=O) groups excluding carboxylic acids is 1. The van der Waals surface area contributed by atoms with Crippen molar-refractivity contribution in [2.75, 3.05) is 6.54 Å². The fraction of sp³-hybridized carbons (Fsp3) is 0.222. The lowest BCUT2D eigenvalue weighted by Crippen LogP contribution is -2.30. The van der Waals surface area contributed by atoms with Crippen molar-refractivity contribution in [3.8, 4) is 0 Å². The number of imidazole rings is 1. The summed E-state index contributed by atoms with van der Waals surface area (Å²) in [5, 5.41) is 12.7. The zero-order valence-electron chi connectivity index (χ0n) is 13.4. The van der Waals surface area contributed by atoms with Gasteiger partial charge < -0.3 is 15.4 Å². The molecule has 0 fully saturated rings. The largest absolute Gasteiger partial charge is 0.388 e. The first-order chi connectivity index (χ1) is 12.0. The molecule has 1 atom stereocenters. The summed E-state index contributed by atoms with van der Waals surface area (Å²) in [6, 6.07) is 12.8. The third kappa shape index (κ3) is 3.95. The van der Waals surface area contributed by atoms with Gasteiger partial charge in [-0.05, 0) is 29.8 Å². The van der Waals surface area contributed by atoms with Gasteiger partial charge in [-0.15, -0.1) is 0 Å². The number of nitrogens with zero attached hydrogens (tertiary/aromatic N) is 1. The quantitative estimate of drug-likeness (QED) is 0.637. The van der Waals surface area contributed by atoms with Crippen molar-refractivity contribution < 1.29 is 14.3 Å². The lowest BCUT2D eigenvalue weighted by atomic mass is 10.1. The van der Waals surface area contributed by atoms with Gasteiger partial charge in [-0.1, -0.05) is 24.3 Å². The van der Waals surface area contributed by atoms with Crippen LogP contribution in [-0.2, 0) is 11.3 Å². The second-order valence-corrected chi connectivity index (χ2v) is 5.72. The van der Waals surface area contributed by atoms with Crippen LogP contribution in [-0.4, -0.2) is 27.1 Å². The number of aliphatic hydroxyl groups excluding tert-OH is 1. The molecule has 1 unspecified atom stereocenters. The van der Waals surface area contributed by atoms with Gasteiger partial charge in [-0.3, -0.25) is 9.36 Å². The van der Waals surface area contributed by atoms with Gasteiger partial charge in [0.15, 0.2) is 0 Å². The molecule has 0 aliphatic heterocycles. The van der Waals surface area contributed by atoms with E-state index in [4.69, 9.17) is 0 Å². The summed E-state index contributed by atoms with van der Waals surface area (Å²) in [6.45, 7) is 0.557. The van der Waals surface area contributed by atoms with Crippen molar-refractivity contribution in [3.63, 3.8) is 0 Å². The maximum Gasteiger partial charge on any atom is 0.326 e. The maximum atomic E-state index is 13.1. The number of benzene rings is 2. The molecule has 6 nitrogen and oxygen atoms in total. The van der Waals surface area contributed by atoms with Gasteiger partial charge >= 0.3 is 5.69 Å². The lowest BCUT2D eigenvalue weighted by Gasteiger charge is -2.11. The maximum absolute atomic E-state index is 13.1. The standard InChI is InChI=1S/C18H18FN3O3/c19-13-5-3-4-12(10-13)16(23)11-17(24)20-8-9-22-15-7-2-1-6-14(15)21-18(22)25/h1-7,10,16,23H,8-9,11H2,(H,20,24)(H,21,25). The summed E-state index contributed by atoms with van der Waals surface area (Å²) in [4.78, 5) is 26.6. The van der Waals surface area contributed by atoms with E-state index in [0.717, 1.165) is 11.0 Å². The topological polar surface area (TPSA) is 87.1 Å². The van der Waals surface area contributed by atoms with E-state index in [1.54, 1.807) is 16.7 Å². The van der Waals surface area contributed by atoms with Crippen LogP contribution < -0.4 is 11.0 Å². The van der Waals surface area contributed by atoms with E-state index in [2.05, 4.69) is 10.3 Å². The van der Waals surface area contributed by atoms with Crippen LogP contribution in [0.4, 0.5) is 4.39 Å². The SMILES string of the molecule is O=C(CC(O)c1cccc(F)c1)NCCn1c(=O)[nH]c2ccccc21. The second-order valence-electron chi connectivity index (χ2n) is 5.72. The number of fused-ring (bicyclic) bond motifs is 1. The fourth-order valence-corrected chi connectivity index (χ4v) is 2.72. The highest BCUT2D eigenvalue weighted by molar-refractivity contribution is 5.77. The molecule has 1 amide bonds. The fourth-order valence-electron chi connectivity index (χ4n) is 2.72. The van der Waals surface area contributed by atoms with E-state index in [-0.39, 0.29) is 24.6 Å². The lowest BCUT2D eigenvalue weighted by molar-refractivity contribution is -0.123. The van der Waals surface area contributed by atoms with E-state index < -0.39 is 11.9 Å². The molecule has 3 aromatic rings. The number of rotatable bonds is 6. The minimum atomic E-state index is -1.08. The van der Waals surface area contributed by atoms with Crippen molar-refractivity contribution >= 4 is 16.9 Å². The molecule has 0 aliphatic rings. The number of aromatic nitrogens is 2. The Hall–Kier alpha value is -2.93. The van der Waals surface area contributed by atoms with E-state index in [9.17, 15) is 19.1 Å². The summed E-state index contributed by atoms with van der Waals surface area (Å²) in [5.41, 5.74) is 1.61. The van der Waals surface area contributed by atoms with Crippen LogP contribution in [0, 0.1) is 5.82 Å². The van der Waals surface area contributed by atoms with Gasteiger partial charge in [0.2, 0.25) is 5.91 Å². The average molecular weight is 343 g/mol. The Morgan fingerprint density at radius 1 is 1.24 bits per heavy atom. The number of aromatic amines is 1. The monoisotopic (exact) mass is 343 g/mol. The summed E-state index contributed by atoms with van der Waals surface area (Å²) >= 11 is 0. The number of para-hydroxylation sites is 2. The molecule has 7 heteroatoms. The van der Waals surface area contributed by atoms with Crippen LogP contribution in [0.5, 0.6) is 0 Å². The Morgan fingerprint density at radius 3 is 2.84 bits per heavy atom. The van der Waals surface area contributed by atoms with Gasteiger partial charge in [0, 0.05) is 13.1 Å². The number of nitrogens with one attached hydrogen (secondary N) is 2. The first-order valence-corrected chi connectivity index (χ1v) is 7.92. The Morgan fingerprint density at radius 2 is 2.04 bits per heavy atom. The Bertz CT molecular complexity index is 948. The van der Waals surface area contributed by atoms with Gasteiger partial charge in [0.05, 0.1) is 23.6 Å². The summed E-state index contributed by atoms with van der Waals surface area (Å²) in [6.07, 6.45) is -1.25. The van der Waals surface area contributed by atoms with Crippen LogP contribution in [0.3, 0.4) is 0 Å². The minimum Gasteiger partial charge on any atom is -0.388 e. The minimum absolute atomic E-state index is 0.174. The Balaban J connectivity index is 1.56. The molecular weight excluding hydrogens is 325 g/mol. The first kappa shape index (κ1) is 16.9. The van der Waals surface area contributed by atoms with E-state index in [0.29, 0.717) is 12.1 Å². The molecule has 130 valence electrons. The van der Waals surface area contributed by atoms with Crippen LogP contribution in [0.1, 0.15) is 18.1 Å². The van der Waals surface area contributed by atoms with E-state index in [1.807, 2.05) is 18.2 Å². The summed E-state index contributed by atoms with van der Waals surface area (Å²) in [7, 11) is 0. The molecule has 3 N–H and O–H groups in total. The third-order valence-corrected chi connectivity index (χ3v) is 3.95. The predicted octanol–water partition coefficient (Wildman–Crippen LogP) is 1.71. The molecule has 1 heterocycles. The van der Waals surface area contributed by atoms with Crippen molar-refractivity contribution in [2.24, 2.45) is 0 Å². The van der Waals surface area contributed by atoms with Crippen molar-refractivity contribution in [1.29, 1.82) is 0 Å². The molecule has 0 radical (unpaired) electrons. The normalized spacial score (nSPS) is 12.2. The Labute approximate surface area is 142 Å². The molecule has 1 aromatic heterocycles. The van der Waals surface area contributed by atoms with Crippen molar-refractivity contribution in [2.45, 2.75) is 19.1 Å². The van der Waals surface area contributed by atoms with Gasteiger partial charge in [0.25, 0.3) is 0 Å². The Kier molecular flexibility index (Phi) is 4.95. The van der Waals surface area contributed by atoms with Crippen LogP contribution >= 0.6 is 0 Å². The zero-order valence-corrected chi connectivity index (χ0v) is 13.4. The number of hydrogen-bond acceptors (Lipinski definition) is 3. The molecule has 0 saturated carbocycles. The number of hydrogen-bond donors (Lipinski definition) is 3. The third-order valence-electron chi connectivity index (χ3n) is 3.95.